The lowest BCUT2D eigenvalue weighted by Gasteiger charge is -2.33. The van der Waals surface area contributed by atoms with Crippen LogP contribution in [0.5, 0.6) is 5.75 Å². The molecular formula is C31H38ClN3O5S. The summed E-state index contributed by atoms with van der Waals surface area (Å²) in [5.74, 6) is 0.0162. The second-order valence-corrected chi connectivity index (χ2v) is 12.6. The maximum Gasteiger partial charge on any atom is 0.244 e. The van der Waals surface area contributed by atoms with E-state index < -0.39 is 28.5 Å². The average Bonchev–Trinajstić information content (AvgIpc) is 2.94. The number of nitrogens with one attached hydrogen (secondary N) is 1. The maximum atomic E-state index is 13.8. The van der Waals surface area contributed by atoms with E-state index in [4.69, 9.17) is 16.3 Å². The van der Waals surface area contributed by atoms with Crippen LogP contribution in [0.1, 0.15) is 38.3 Å². The van der Waals surface area contributed by atoms with E-state index in [0.717, 1.165) is 21.7 Å². The number of amides is 2. The number of rotatable bonds is 14. The zero-order valence-corrected chi connectivity index (χ0v) is 25.5. The van der Waals surface area contributed by atoms with Gasteiger partial charge in [-0.2, -0.15) is 0 Å². The van der Waals surface area contributed by atoms with Crippen LogP contribution >= 0.6 is 11.6 Å². The summed E-state index contributed by atoms with van der Waals surface area (Å²) in [4.78, 5) is 28.4. The van der Waals surface area contributed by atoms with Crippen LogP contribution in [0.4, 0.5) is 5.69 Å². The molecule has 3 aromatic rings. The van der Waals surface area contributed by atoms with Gasteiger partial charge < -0.3 is 15.0 Å². The van der Waals surface area contributed by atoms with Crippen molar-refractivity contribution in [2.75, 3.05) is 23.7 Å². The minimum Gasteiger partial charge on any atom is -0.489 e. The Morgan fingerprint density at radius 3 is 2.12 bits per heavy atom. The molecule has 220 valence electrons. The monoisotopic (exact) mass is 599 g/mol. The summed E-state index contributed by atoms with van der Waals surface area (Å²) in [5, 5.41) is 3.46. The van der Waals surface area contributed by atoms with E-state index >= 15 is 0 Å². The highest BCUT2D eigenvalue weighted by molar-refractivity contribution is 7.92. The summed E-state index contributed by atoms with van der Waals surface area (Å²) in [6.07, 6.45) is 1.41. The van der Waals surface area contributed by atoms with Crippen molar-refractivity contribution in [3.8, 4) is 5.75 Å². The molecule has 0 heterocycles. The van der Waals surface area contributed by atoms with Gasteiger partial charge in [-0.25, -0.2) is 8.42 Å². The molecule has 3 aromatic carbocycles. The summed E-state index contributed by atoms with van der Waals surface area (Å²) in [7, 11) is -3.84. The second kappa shape index (κ2) is 14.9. The predicted molar refractivity (Wildman–Crippen MR) is 163 cm³/mol. The first kappa shape index (κ1) is 32.0. The number of sulfonamides is 1. The van der Waals surface area contributed by atoms with E-state index in [1.807, 2.05) is 51.1 Å². The number of anilines is 1. The quantitative estimate of drug-likeness (QED) is 0.273. The maximum absolute atomic E-state index is 13.8. The molecule has 3 rings (SSSR count). The second-order valence-electron chi connectivity index (χ2n) is 10.2. The minimum absolute atomic E-state index is 0.119. The van der Waals surface area contributed by atoms with E-state index in [-0.39, 0.29) is 18.4 Å². The van der Waals surface area contributed by atoms with Crippen LogP contribution in [0.3, 0.4) is 0 Å². The topological polar surface area (TPSA) is 96.0 Å². The number of carbonyl (C=O) groups excluding carboxylic acids is 2. The van der Waals surface area contributed by atoms with E-state index in [9.17, 15) is 18.0 Å². The number of nitrogens with zero attached hydrogens (tertiary/aromatic N) is 2. The van der Waals surface area contributed by atoms with E-state index in [0.29, 0.717) is 36.0 Å². The Labute approximate surface area is 248 Å². The van der Waals surface area contributed by atoms with Crippen LogP contribution in [-0.2, 0) is 32.8 Å². The zero-order valence-electron chi connectivity index (χ0n) is 23.9. The molecule has 0 spiro atoms. The number of hydrogen-bond acceptors (Lipinski definition) is 5. The molecule has 0 fully saturated rings. The smallest absolute Gasteiger partial charge is 0.244 e. The van der Waals surface area contributed by atoms with Gasteiger partial charge in [-0.3, -0.25) is 13.9 Å². The largest absolute Gasteiger partial charge is 0.489 e. The SMILES string of the molecule is CC[C@@H](C(=O)NCC(C)C)N(Cc1ccc(Cl)cc1)C(=O)CN(c1ccc(OCc2ccccc2)cc1)S(C)(=O)=O. The van der Waals surface area contributed by atoms with Crippen molar-refractivity contribution in [1.29, 1.82) is 0 Å². The zero-order chi connectivity index (χ0) is 30.0. The third-order valence-corrected chi connectivity index (χ3v) is 7.78. The Morgan fingerprint density at radius 2 is 1.56 bits per heavy atom. The normalized spacial score (nSPS) is 12.0. The van der Waals surface area contributed by atoms with Gasteiger partial charge in [0, 0.05) is 18.1 Å². The van der Waals surface area contributed by atoms with Crippen LogP contribution in [0, 0.1) is 5.92 Å². The van der Waals surface area contributed by atoms with Crippen LogP contribution in [0.15, 0.2) is 78.9 Å². The van der Waals surface area contributed by atoms with Gasteiger partial charge in [-0.15, -0.1) is 0 Å². The fraction of sp³-hybridized carbons (Fsp3) is 0.355. The molecule has 0 bridgehead atoms. The van der Waals surface area contributed by atoms with Crippen molar-refractivity contribution in [1.82, 2.24) is 10.2 Å². The molecular weight excluding hydrogens is 562 g/mol. The molecule has 0 saturated carbocycles. The highest BCUT2D eigenvalue weighted by Gasteiger charge is 2.31. The molecule has 2 amide bonds. The van der Waals surface area contributed by atoms with Gasteiger partial charge in [0.1, 0.15) is 24.9 Å². The summed E-state index contributed by atoms with van der Waals surface area (Å²) < 4.78 is 32.6. The third kappa shape index (κ3) is 9.79. The first-order chi connectivity index (χ1) is 19.5. The van der Waals surface area contributed by atoms with Crippen LogP contribution < -0.4 is 14.4 Å². The lowest BCUT2D eigenvalue weighted by Crippen LogP contribution is -2.52. The van der Waals surface area contributed by atoms with Crippen molar-refractivity contribution >= 4 is 39.1 Å². The molecule has 0 unspecified atom stereocenters. The third-order valence-electron chi connectivity index (χ3n) is 6.39. The van der Waals surface area contributed by atoms with Crippen molar-refractivity contribution < 1.29 is 22.7 Å². The molecule has 0 aromatic heterocycles. The molecule has 0 aliphatic rings. The minimum atomic E-state index is -3.84. The van der Waals surface area contributed by atoms with E-state index in [1.165, 1.54) is 4.90 Å². The van der Waals surface area contributed by atoms with Crippen molar-refractivity contribution in [2.24, 2.45) is 5.92 Å². The van der Waals surface area contributed by atoms with Gasteiger partial charge in [0.25, 0.3) is 0 Å². The average molecular weight is 600 g/mol. The number of hydrogen-bond donors (Lipinski definition) is 1. The Morgan fingerprint density at radius 1 is 0.927 bits per heavy atom. The first-order valence-corrected chi connectivity index (χ1v) is 15.8. The van der Waals surface area contributed by atoms with Crippen molar-refractivity contribution in [3.63, 3.8) is 0 Å². The molecule has 0 radical (unpaired) electrons. The molecule has 0 saturated heterocycles. The molecule has 10 heteroatoms. The fourth-order valence-corrected chi connectivity index (χ4v) is 5.17. The summed E-state index contributed by atoms with van der Waals surface area (Å²) >= 11 is 6.04. The van der Waals surface area contributed by atoms with Gasteiger partial charge in [0.05, 0.1) is 11.9 Å². The number of halogens is 1. The van der Waals surface area contributed by atoms with Crippen LogP contribution in [0.2, 0.25) is 5.02 Å². The van der Waals surface area contributed by atoms with Crippen molar-refractivity contribution in [2.45, 2.75) is 46.4 Å². The molecule has 1 atom stereocenters. The fourth-order valence-electron chi connectivity index (χ4n) is 4.19. The molecule has 0 aliphatic carbocycles. The highest BCUT2D eigenvalue weighted by atomic mass is 35.5. The molecule has 0 aliphatic heterocycles. The number of carbonyl (C=O) groups is 2. The Balaban J connectivity index is 1.84. The first-order valence-electron chi connectivity index (χ1n) is 13.5. The van der Waals surface area contributed by atoms with Gasteiger partial charge in [0.2, 0.25) is 21.8 Å². The van der Waals surface area contributed by atoms with E-state index in [1.54, 1.807) is 48.5 Å². The number of ether oxygens (including phenoxy) is 1. The summed E-state index contributed by atoms with van der Waals surface area (Å²) in [5.41, 5.74) is 2.09. The van der Waals surface area contributed by atoms with Gasteiger partial charge in [-0.05, 0) is 59.9 Å². The van der Waals surface area contributed by atoms with E-state index in [2.05, 4.69) is 5.32 Å². The van der Waals surface area contributed by atoms with Gasteiger partial charge in [0.15, 0.2) is 0 Å². The lowest BCUT2D eigenvalue weighted by atomic mass is 10.1. The summed E-state index contributed by atoms with van der Waals surface area (Å²) in [6, 6.07) is 22.4. The van der Waals surface area contributed by atoms with Crippen molar-refractivity contribution in [3.05, 3.63) is 95.0 Å². The Kier molecular flexibility index (Phi) is 11.6. The molecule has 41 heavy (non-hydrogen) atoms. The lowest BCUT2D eigenvalue weighted by molar-refractivity contribution is -0.140. The van der Waals surface area contributed by atoms with Gasteiger partial charge in [-0.1, -0.05) is 74.8 Å². The standard InChI is InChI=1S/C31H38ClN3O5S/c1-5-29(31(37)33-19-23(2)3)34(20-24-11-13-26(32)14-12-24)30(36)21-35(41(4,38)39)27-15-17-28(18-16-27)40-22-25-9-7-6-8-10-25/h6-18,23,29H,5,19-22H2,1-4H3,(H,33,37)/t29-/m0/s1. The van der Waals surface area contributed by atoms with Crippen LogP contribution in [-0.4, -0.2) is 50.5 Å². The Hall–Kier alpha value is -3.56. The summed E-state index contributed by atoms with van der Waals surface area (Å²) in [6.45, 7) is 6.28. The van der Waals surface area contributed by atoms with Gasteiger partial charge >= 0.3 is 0 Å². The molecule has 1 N–H and O–H groups in total. The predicted octanol–water partition coefficient (Wildman–Crippen LogP) is 5.26. The van der Waals surface area contributed by atoms with Crippen LogP contribution in [0.25, 0.3) is 0 Å². The highest BCUT2D eigenvalue weighted by Crippen LogP contribution is 2.24. The molecule has 8 nitrogen and oxygen atoms in total. The number of benzene rings is 3. The Bertz CT molecular complexity index is 1380.